The summed E-state index contributed by atoms with van der Waals surface area (Å²) in [5.41, 5.74) is 5.02. The van der Waals surface area contributed by atoms with E-state index in [1.165, 1.54) is 31.2 Å². The second-order valence-electron chi connectivity index (χ2n) is 4.45. The molecule has 0 saturated heterocycles. The fourth-order valence-corrected chi connectivity index (χ4v) is 4.18. The molecule has 1 aromatic rings. The Balaban J connectivity index is 2.41. The van der Waals surface area contributed by atoms with Crippen molar-refractivity contribution in [2.75, 3.05) is 5.75 Å². The molecule has 1 fully saturated rings. The molecule has 0 unspecified atom stereocenters. The van der Waals surface area contributed by atoms with Crippen LogP contribution in [0.2, 0.25) is 0 Å². The van der Waals surface area contributed by atoms with Gasteiger partial charge in [-0.3, -0.25) is 0 Å². The maximum atomic E-state index is 12.8. The monoisotopic (exact) mass is 268 g/mol. The molecular formula is C12H13FN2O2S. The third-order valence-corrected chi connectivity index (χ3v) is 5.63. The fourth-order valence-electron chi connectivity index (χ4n) is 2.31. The Hall–Kier alpha value is -1.45. The Kier molecular flexibility index (Phi) is 2.92. The van der Waals surface area contributed by atoms with Crippen molar-refractivity contribution in [1.82, 2.24) is 0 Å². The first-order chi connectivity index (χ1) is 8.36. The van der Waals surface area contributed by atoms with Gasteiger partial charge in [-0.2, -0.15) is 5.26 Å². The Morgan fingerprint density at radius 2 is 2.00 bits per heavy atom. The molecule has 0 bridgehead atoms. The number of benzene rings is 1. The summed E-state index contributed by atoms with van der Waals surface area (Å²) in [5, 5.41) is 8.17. The third-order valence-electron chi connectivity index (χ3n) is 3.39. The number of nitrogens with two attached hydrogens (primary N) is 1. The van der Waals surface area contributed by atoms with Crippen molar-refractivity contribution in [2.45, 2.75) is 23.6 Å². The van der Waals surface area contributed by atoms with E-state index >= 15 is 0 Å². The van der Waals surface area contributed by atoms with Crippen molar-refractivity contribution < 1.29 is 12.8 Å². The fraction of sp³-hybridized carbons (Fsp3) is 0.417. The van der Waals surface area contributed by atoms with E-state index in [0.29, 0.717) is 5.56 Å². The molecule has 4 nitrogen and oxygen atoms in total. The molecule has 0 amide bonds. The highest BCUT2D eigenvalue weighted by Crippen LogP contribution is 2.53. The third kappa shape index (κ3) is 1.80. The molecule has 0 aromatic heterocycles. The van der Waals surface area contributed by atoms with Gasteiger partial charge in [-0.1, -0.05) is 19.1 Å². The molecule has 1 aliphatic rings. The zero-order chi connectivity index (χ0) is 13.6. The molecule has 2 N–H and O–H groups in total. The normalized spacial score (nSPS) is 30.8. The number of rotatable bonds is 3. The van der Waals surface area contributed by atoms with Crippen molar-refractivity contribution in [2.24, 2.45) is 5.73 Å². The van der Waals surface area contributed by atoms with E-state index in [2.05, 4.69) is 0 Å². The van der Waals surface area contributed by atoms with Gasteiger partial charge in [-0.05, 0) is 17.7 Å². The van der Waals surface area contributed by atoms with Crippen LogP contribution in [-0.4, -0.2) is 25.0 Å². The molecule has 6 heteroatoms. The first-order valence-electron chi connectivity index (χ1n) is 5.54. The van der Waals surface area contributed by atoms with Gasteiger partial charge in [-0.25, -0.2) is 12.8 Å². The number of nitrogens with zero attached hydrogens (tertiary/aromatic N) is 1. The lowest BCUT2D eigenvalue weighted by Gasteiger charge is -2.00. The van der Waals surface area contributed by atoms with Gasteiger partial charge in [0.25, 0.3) is 0 Å². The average molecular weight is 268 g/mol. The van der Waals surface area contributed by atoms with E-state index in [0.717, 1.165) is 0 Å². The molecule has 0 aliphatic heterocycles. The van der Waals surface area contributed by atoms with E-state index in [4.69, 9.17) is 11.0 Å². The Morgan fingerprint density at radius 1 is 1.44 bits per heavy atom. The Labute approximate surface area is 105 Å². The van der Waals surface area contributed by atoms with Crippen molar-refractivity contribution in [3.63, 3.8) is 0 Å². The highest BCUT2D eigenvalue weighted by atomic mass is 32.2. The molecule has 1 saturated carbocycles. The van der Waals surface area contributed by atoms with Gasteiger partial charge in [0, 0.05) is 11.7 Å². The van der Waals surface area contributed by atoms with Gasteiger partial charge >= 0.3 is 0 Å². The molecule has 1 aliphatic carbocycles. The maximum Gasteiger partial charge on any atom is 0.156 e. The number of hydrogen-bond donors (Lipinski definition) is 1. The van der Waals surface area contributed by atoms with E-state index in [9.17, 15) is 12.8 Å². The van der Waals surface area contributed by atoms with Gasteiger partial charge in [0.05, 0.1) is 6.07 Å². The largest absolute Gasteiger partial charge is 0.312 e. The summed E-state index contributed by atoms with van der Waals surface area (Å²) in [6.07, 6.45) is 0. The predicted octanol–water partition coefficient (Wildman–Crippen LogP) is 0.947. The summed E-state index contributed by atoms with van der Waals surface area (Å²) in [6, 6.07) is 7.30. The van der Waals surface area contributed by atoms with Gasteiger partial charge in [0.15, 0.2) is 9.84 Å². The summed E-state index contributed by atoms with van der Waals surface area (Å²) < 4.78 is 36.6. The number of hydrogen-bond acceptors (Lipinski definition) is 4. The van der Waals surface area contributed by atoms with Gasteiger partial charge < -0.3 is 5.73 Å². The van der Waals surface area contributed by atoms with Crippen LogP contribution < -0.4 is 5.73 Å². The van der Waals surface area contributed by atoms with Crippen LogP contribution in [0.1, 0.15) is 18.4 Å². The quantitative estimate of drug-likeness (QED) is 0.884. The SMILES string of the molecule is CCS(=O)(=O)[C@H]1[C@H](c2ccc(F)cc2)[C@@]1(N)C#N. The number of sulfone groups is 1. The number of nitriles is 1. The van der Waals surface area contributed by atoms with Crippen LogP contribution in [0.25, 0.3) is 0 Å². The van der Waals surface area contributed by atoms with Gasteiger partial charge in [0.2, 0.25) is 0 Å². The van der Waals surface area contributed by atoms with Crippen LogP contribution in [0.4, 0.5) is 4.39 Å². The van der Waals surface area contributed by atoms with Crippen LogP contribution in [0.3, 0.4) is 0 Å². The highest BCUT2D eigenvalue weighted by Gasteiger charge is 2.69. The minimum Gasteiger partial charge on any atom is -0.312 e. The van der Waals surface area contributed by atoms with E-state index in [1.54, 1.807) is 0 Å². The summed E-state index contributed by atoms with van der Waals surface area (Å²) >= 11 is 0. The van der Waals surface area contributed by atoms with Crippen molar-refractivity contribution in [3.05, 3.63) is 35.6 Å². The Bertz CT molecular complexity index is 606. The first-order valence-corrected chi connectivity index (χ1v) is 7.25. The number of halogens is 1. The van der Waals surface area contributed by atoms with Crippen LogP contribution in [0, 0.1) is 17.1 Å². The lowest BCUT2D eigenvalue weighted by Crippen LogP contribution is -2.29. The van der Waals surface area contributed by atoms with Crippen LogP contribution in [0.5, 0.6) is 0 Å². The highest BCUT2D eigenvalue weighted by molar-refractivity contribution is 7.92. The molecule has 0 spiro atoms. The van der Waals surface area contributed by atoms with E-state index in [1.807, 2.05) is 6.07 Å². The molecule has 0 heterocycles. The Morgan fingerprint density at radius 3 is 2.44 bits per heavy atom. The topological polar surface area (TPSA) is 83.9 Å². The van der Waals surface area contributed by atoms with Gasteiger partial charge in [0.1, 0.15) is 16.6 Å². The van der Waals surface area contributed by atoms with E-state index in [-0.39, 0.29) is 5.75 Å². The van der Waals surface area contributed by atoms with Crippen LogP contribution in [-0.2, 0) is 9.84 Å². The van der Waals surface area contributed by atoms with Gasteiger partial charge in [-0.15, -0.1) is 0 Å². The van der Waals surface area contributed by atoms with Crippen LogP contribution in [0.15, 0.2) is 24.3 Å². The molecule has 3 atom stereocenters. The molecule has 18 heavy (non-hydrogen) atoms. The summed E-state index contributed by atoms with van der Waals surface area (Å²) in [6.45, 7) is 1.52. The molecule has 0 radical (unpaired) electrons. The van der Waals surface area contributed by atoms with Crippen molar-refractivity contribution in [3.8, 4) is 6.07 Å². The van der Waals surface area contributed by atoms with Crippen molar-refractivity contribution >= 4 is 9.84 Å². The summed E-state index contributed by atoms with van der Waals surface area (Å²) in [5.74, 6) is -1.04. The maximum absolute atomic E-state index is 12.8. The summed E-state index contributed by atoms with van der Waals surface area (Å²) in [4.78, 5) is 0. The van der Waals surface area contributed by atoms with Crippen LogP contribution >= 0.6 is 0 Å². The summed E-state index contributed by atoms with van der Waals surface area (Å²) in [7, 11) is -3.39. The zero-order valence-corrected chi connectivity index (χ0v) is 10.6. The standard InChI is InChI=1S/C12H13FN2O2S/c1-2-18(16,17)11-10(12(11,15)7-14)8-3-5-9(13)6-4-8/h3-6,10-11H,2,15H2,1H3/t10-,11-,12-/m0/s1. The molecule has 96 valence electrons. The minimum atomic E-state index is -3.39. The molecule has 1 aromatic carbocycles. The average Bonchev–Trinajstić information content (AvgIpc) is 2.98. The predicted molar refractivity (Wildman–Crippen MR) is 64.9 cm³/mol. The second-order valence-corrected chi connectivity index (χ2v) is 6.86. The molecule has 2 rings (SSSR count). The lowest BCUT2D eigenvalue weighted by atomic mass is 10.1. The first kappa shape index (κ1) is 13.0. The second kappa shape index (κ2) is 4.04. The smallest absolute Gasteiger partial charge is 0.156 e. The zero-order valence-electron chi connectivity index (χ0n) is 9.80. The minimum absolute atomic E-state index is 0.0595. The lowest BCUT2D eigenvalue weighted by molar-refractivity contribution is 0.593. The van der Waals surface area contributed by atoms with E-state index < -0.39 is 32.4 Å². The molecular weight excluding hydrogens is 255 g/mol. The van der Waals surface area contributed by atoms with Crippen molar-refractivity contribution in [1.29, 1.82) is 5.26 Å².